The molecule has 2 fully saturated rings. The Kier molecular flexibility index (Phi) is 8.05. The lowest BCUT2D eigenvalue weighted by molar-refractivity contribution is 0.418. The van der Waals surface area contributed by atoms with Crippen LogP contribution in [0.2, 0.25) is 0 Å². The Morgan fingerprint density at radius 3 is 2.38 bits per heavy atom. The highest BCUT2D eigenvalue weighted by molar-refractivity contribution is 7.64. The van der Waals surface area contributed by atoms with E-state index in [0.717, 1.165) is 5.66 Å². The fraction of sp³-hybridized carbons (Fsp3) is 0.760. The van der Waals surface area contributed by atoms with Gasteiger partial charge in [-0.15, -0.1) is 0 Å². The summed E-state index contributed by atoms with van der Waals surface area (Å²) in [5.74, 6) is 0. The molecule has 1 atom stereocenters. The Hall–Kier alpha value is -0.350. The zero-order valence-electron chi connectivity index (χ0n) is 17.4. The fourth-order valence-corrected chi connectivity index (χ4v) is 10.4. The predicted octanol–water partition coefficient (Wildman–Crippen LogP) is 8.87. The predicted molar refractivity (Wildman–Crippen MR) is 119 cm³/mol. The monoisotopic (exact) mass is 372 g/mol. The molecule has 0 saturated heterocycles. The van der Waals surface area contributed by atoms with Crippen LogP contribution in [0.5, 0.6) is 0 Å². The first-order valence-electron chi connectivity index (χ1n) is 11.7. The van der Waals surface area contributed by atoms with Gasteiger partial charge in [-0.2, -0.15) is 0 Å². The molecular formula is C25H41P. The molecule has 3 aliphatic carbocycles. The summed E-state index contributed by atoms with van der Waals surface area (Å²) in [6, 6.07) is 0. The van der Waals surface area contributed by atoms with Gasteiger partial charge in [-0.3, -0.25) is 0 Å². The third-order valence-corrected chi connectivity index (χ3v) is 10.9. The summed E-state index contributed by atoms with van der Waals surface area (Å²) in [6.07, 6.45) is 31.5. The molecule has 0 N–H and O–H groups in total. The second-order valence-corrected chi connectivity index (χ2v) is 11.7. The molecule has 0 aromatic heterocycles. The molecule has 0 spiro atoms. The normalized spacial score (nSPS) is 25.3. The van der Waals surface area contributed by atoms with Gasteiger partial charge in [-0.25, -0.2) is 0 Å². The van der Waals surface area contributed by atoms with Crippen molar-refractivity contribution in [2.45, 2.75) is 121 Å². The summed E-state index contributed by atoms with van der Waals surface area (Å²) in [6.45, 7) is 4.75. The van der Waals surface area contributed by atoms with E-state index in [4.69, 9.17) is 0 Å². The Bertz CT molecular complexity index is 512. The van der Waals surface area contributed by atoms with Crippen LogP contribution in [-0.2, 0) is 0 Å². The smallest absolute Gasteiger partial charge is 0.0159 e. The van der Waals surface area contributed by atoms with Crippen LogP contribution in [0.25, 0.3) is 0 Å². The molecule has 0 aromatic rings. The number of unbranched alkanes of at least 4 members (excludes halogenated alkanes) is 1. The lowest BCUT2D eigenvalue weighted by Gasteiger charge is -2.51. The van der Waals surface area contributed by atoms with Crippen LogP contribution >= 0.6 is 7.92 Å². The van der Waals surface area contributed by atoms with E-state index in [1.54, 1.807) is 0 Å². The standard InChI is InChI=1S/C25H41P/c1-3-5-17-23(14-4-2)26(24-18-8-6-9-19-24)25(20-12-7-13-21-25)22-15-10-11-16-22/h10-11,15,17,24H,3-9,12-14,16,18-21H2,1-2H3. The minimum atomic E-state index is -0.0204. The maximum Gasteiger partial charge on any atom is 0.0159 e. The van der Waals surface area contributed by atoms with Crippen molar-refractivity contribution in [1.29, 1.82) is 0 Å². The van der Waals surface area contributed by atoms with E-state index in [2.05, 4.69) is 38.2 Å². The van der Waals surface area contributed by atoms with Crippen molar-refractivity contribution in [3.63, 3.8) is 0 Å². The number of hydrogen-bond donors (Lipinski definition) is 0. The van der Waals surface area contributed by atoms with Gasteiger partial charge >= 0.3 is 0 Å². The van der Waals surface area contributed by atoms with Crippen LogP contribution in [0.1, 0.15) is 110 Å². The average Bonchev–Trinajstić information content (AvgIpc) is 3.23. The van der Waals surface area contributed by atoms with Crippen molar-refractivity contribution in [1.82, 2.24) is 0 Å². The third kappa shape index (κ3) is 4.55. The van der Waals surface area contributed by atoms with Crippen molar-refractivity contribution in [3.05, 3.63) is 35.2 Å². The Balaban J connectivity index is 2.00. The number of allylic oxidation sites excluding steroid dienone is 6. The molecule has 1 heteroatoms. The van der Waals surface area contributed by atoms with Gasteiger partial charge in [0.1, 0.15) is 0 Å². The van der Waals surface area contributed by atoms with Gasteiger partial charge in [0.2, 0.25) is 0 Å². The van der Waals surface area contributed by atoms with Crippen molar-refractivity contribution in [3.8, 4) is 0 Å². The Morgan fingerprint density at radius 2 is 1.77 bits per heavy atom. The summed E-state index contributed by atoms with van der Waals surface area (Å²) in [7, 11) is -0.0204. The second-order valence-electron chi connectivity index (χ2n) is 8.81. The topological polar surface area (TPSA) is 0 Å². The first-order chi connectivity index (χ1) is 12.8. The highest BCUT2D eigenvalue weighted by Gasteiger charge is 2.46. The lowest BCUT2D eigenvalue weighted by Crippen LogP contribution is -2.36. The van der Waals surface area contributed by atoms with Crippen LogP contribution in [-0.4, -0.2) is 10.8 Å². The van der Waals surface area contributed by atoms with Crippen LogP contribution in [0.4, 0.5) is 0 Å². The van der Waals surface area contributed by atoms with E-state index in [-0.39, 0.29) is 7.92 Å². The highest BCUT2D eigenvalue weighted by Crippen LogP contribution is 2.70. The first-order valence-corrected chi connectivity index (χ1v) is 13.1. The van der Waals surface area contributed by atoms with Crippen LogP contribution in [0, 0.1) is 0 Å². The van der Waals surface area contributed by atoms with Crippen molar-refractivity contribution in [2.24, 2.45) is 0 Å². The van der Waals surface area contributed by atoms with Crippen molar-refractivity contribution < 1.29 is 0 Å². The van der Waals surface area contributed by atoms with Crippen LogP contribution in [0.3, 0.4) is 0 Å². The Morgan fingerprint density at radius 1 is 1.04 bits per heavy atom. The summed E-state index contributed by atoms with van der Waals surface area (Å²) < 4.78 is 0. The summed E-state index contributed by atoms with van der Waals surface area (Å²) >= 11 is 0. The van der Waals surface area contributed by atoms with E-state index in [9.17, 15) is 0 Å². The molecule has 146 valence electrons. The van der Waals surface area contributed by atoms with Crippen molar-refractivity contribution in [2.75, 3.05) is 0 Å². The summed E-state index contributed by atoms with van der Waals surface area (Å²) in [5.41, 5.74) is 2.83. The first kappa shape index (κ1) is 20.4. The SMILES string of the molecule is CCCC=C(CCC)P(C1CCCCC1)C1(C2=CC=CC2)CCCCC1. The van der Waals surface area contributed by atoms with Gasteiger partial charge in [0.25, 0.3) is 0 Å². The zero-order valence-corrected chi connectivity index (χ0v) is 18.3. The molecule has 2 saturated carbocycles. The maximum atomic E-state index is 2.73. The maximum absolute atomic E-state index is 2.73. The molecule has 0 heterocycles. The molecule has 3 rings (SSSR count). The van der Waals surface area contributed by atoms with Crippen molar-refractivity contribution >= 4 is 7.92 Å². The van der Waals surface area contributed by atoms with E-state index in [1.165, 1.54) is 96.3 Å². The molecule has 0 radical (unpaired) electrons. The Labute approximate surface area is 164 Å². The second kappa shape index (κ2) is 10.3. The molecule has 0 amide bonds. The van der Waals surface area contributed by atoms with Crippen LogP contribution in [0.15, 0.2) is 35.2 Å². The average molecular weight is 373 g/mol. The summed E-state index contributed by atoms with van der Waals surface area (Å²) in [4.78, 5) is 0. The van der Waals surface area contributed by atoms with Crippen LogP contribution < -0.4 is 0 Å². The van der Waals surface area contributed by atoms with E-state index in [1.807, 2.05) is 10.9 Å². The van der Waals surface area contributed by atoms with E-state index in [0.29, 0.717) is 5.16 Å². The number of rotatable bonds is 8. The van der Waals surface area contributed by atoms with E-state index >= 15 is 0 Å². The largest absolute Gasteiger partial charge is 0.0808 e. The van der Waals surface area contributed by atoms with E-state index < -0.39 is 0 Å². The molecule has 0 nitrogen and oxygen atoms in total. The molecule has 0 aromatic carbocycles. The minimum Gasteiger partial charge on any atom is -0.0808 e. The molecule has 1 unspecified atom stereocenters. The minimum absolute atomic E-state index is 0.0204. The van der Waals surface area contributed by atoms with Gasteiger partial charge < -0.3 is 0 Å². The molecule has 3 aliphatic rings. The van der Waals surface area contributed by atoms with Gasteiger partial charge in [0.05, 0.1) is 0 Å². The fourth-order valence-electron chi connectivity index (χ4n) is 5.73. The van der Waals surface area contributed by atoms with Gasteiger partial charge in [-0.05, 0) is 55.9 Å². The lowest BCUT2D eigenvalue weighted by atomic mass is 9.82. The number of hydrogen-bond acceptors (Lipinski definition) is 0. The van der Waals surface area contributed by atoms with Gasteiger partial charge in [0.15, 0.2) is 0 Å². The molecule has 0 aliphatic heterocycles. The molecule has 0 bridgehead atoms. The van der Waals surface area contributed by atoms with Gasteiger partial charge in [0, 0.05) is 5.16 Å². The quantitative estimate of drug-likeness (QED) is 0.373. The zero-order chi connectivity index (χ0) is 18.2. The third-order valence-electron chi connectivity index (χ3n) is 6.93. The molecular weight excluding hydrogens is 331 g/mol. The summed E-state index contributed by atoms with van der Waals surface area (Å²) in [5, 5.41) is 2.47. The highest BCUT2D eigenvalue weighted by atomic mass is 31.1. The van der Waals surface area contributed by atoms with Gasteiger partial charge in [-0.1, -0.05) is 103 Å². The molecule has 26 heavy (non-hydrogen) atoms.